The van der Waals surface area contributed by atoms with Crippen molar-refractivity contribution >= 4 is 28.3 Å². The van der Waals surface area contributed by atoms with E-state index in [4.69, 9.17) is 4.74 Å². The van der Waals surface area contributed by atoms with Gasteiger partial charge in [0, 0.05) is 10.7 Å². The molecule has 0 radical (unpaired) electrons. The lowest BCUT2D eigenvalue weighted by Crippen LogP contribution is -2.47. The summed E-state index contributed by atoms with van der Waals surface area (Å²) in [6, 6.07) is 3.48. The molecule has 0 saturated carbocycles. The van der Waals surface area contributed by atoms with Crippen molar-refractivity contribution < 1.29 is 14.3 Å². The Bertz CT molecular complexity index is 485. The number of aromatic nitrogens is 1. The third-order valence-electron chi connectivity index (χ3n) is 2.25. The van der Waals surface area contributed by atoms with E-state index in [0.717, 1.165) is 0 Å². The number of hydrogen-bond acceptors (Lipinski definition) is 4. The molecule has 5 nitrogen and oxygen atoms in total. The van der Waals surface area contributed by atoms with Crippen molar-refractivity contribution in [1.29, 1.82) is 0 Å². The molecule has 1 N–H and O–H groups in total. The van der Waals surface area contributed by atoms with E-state index in [2.05, 4.69) is 26.2 Å². The molecule has 1 rings (SSSR count). The number of pyridine rings is 1. The topological polar surface area (TPSA) is 68.3 Å². The Hall–Kier alpha value is -1.43. The van der Waals surface area contributed by atoms with Crippen LogP contribution in [-0.4, -0.2) is 23.0 Å². The van der Waals surface area contributed by atoms with Crippen molar-refractivity contribution in [3.05, 3.63) is 28.5 Å². The first-order chi connectivity index (χ1) is 8.68. The van der Waals surface area contributed by atoms with Crippen LogP contribution in [0.25, 0.3) is 0 Å². The summed E-state index contributed by atoms with van der Waals surface area (Å²) in [6.07, 6.45) is 1.52. The molecule has 1 heterocycles. The molecule has 0 fully saturated rings. The zero-order chi connectivity index (χ0) is 14.7. The molecule has 1 unspecified atom stereocenters. The van der Waals surface area contributed by atoms with Gasteiger partial charge in [0.15, 0.2) is 6.29 Å². The maximum absolute atomic E-state index is 11.8. The zero-order valence-electron chi connectivity index (χ0n) is 11.4. The van der Waals surface area contributed by atoms with E-state index in [1.807, 2.05) is 0 Å². The summed E-state index contributed by atoms with van der Waals surface area (Å²) < 4.78 is 5.78. The highest BCUT2D eigenvalue weighted by Gasteiger charge is 2.33. The molecule has 0 bridgehead atoms. The van der Waals surface area contributed by atoms with E-state index in [9.17, 15) is 9.59 Å². The van der Waals surface area contributed by atoms with E-state index >= 15 is 0 Å². The van der Waals surface area contributed by atoms with Gasteiger partial charge in [-0.2, -0.15) is 0 Å². The van der Waals surface area contributed by atoms with Gasteiger partial charge in [0.1, 0.15) is 11.1 Å². The van der Waals surface area contributed by atoms with Gasteiger partial charge in [-0.3, -0.25) is 4.98 Å². The number of rotatable bonds is 3. The van der Waals surface area contributed by atoms with Gasteiger partial charge in [0.25, 0.3) is 0 Å². The van der Waals surface area contributed by atoms with Crippen LogP contribution >= 0.6 is 15.9 Å². The number of nitrogens with zero attached hydrogens (tertiary/aromatic N) is 1. The predicted octanol–water partition coefficient (Wildman–Crippen LogP) is 2.78. The Morgan fingerprint density at radius 3 is 2.53 bits per heavy atom. The quantitative estimate of drug-likeness (QED) is 0.866. The van der Waals surface area contributed by atoms with E-state index in [1.54, 1.807) is 46.0 Å². The van der Waals surface area contributed by atoms with Crippen LogP contribution in [0.1, 0.15) is 33.4 Å². The first-order valence-electron chi connectivity index (χ1n) is 5.76. The monoisotopic (exact) mass is 328 g/mol. The Morgan fingerprint density at radius 1 is 1.42 bits per heavy atom. The van der Waals surface area contributed by atoms with Crippen LogP contribution < -0.4 is 5.32 Å². The number of amides is 1. The van der Waals surface area contributed by atoms with Gasteiger partial charge in [-0.1, -0.05) is 0 Å². The lowest BCUT2D eigenvalue weighted by Gasteiger charge is -2.27. The highest BCUT2D eigenvalue weighted by atomic mass is 79.9. The Balaban J connectivity index is 2.97. The number of carbonyl (C=O) groups is 2. The van der Waals surface area contributed by atoms with Crippen LogP contribution in [-0.2, 0) is 15.1 Å². The van der Waals surface area contributed by atoms with Gasteiger partial charge in [0.2, 0.25) is 0 Å². The number of ether oxygens (including phenoxy) is 1. The van der Waals surface area contributed by atoms with Gasteiger partial charge in [0.05, 0.1) is 5.69 Å². The van der Waals surface area contributed by atoms with Crippen molar-refractivity contribution in [2.75, 3.05) is 0 Å². The molecular formula is C13H17BrN2O3. The maximum Gasteiger partial charge on any atom is 0.408 e. The second kappa shape index (κ2) is 5.69. The standard InChI is InChI=1S/C13H17BrN2O3/c1-12(2,3)19-11(18)16-13(4,8-17)10-9(14)6-5-7-15-10/h5-8H,1-4H3,(H,16,18). The predicted molar refractivity (Wildman–Crippen MR) is 74.7 cm³/mol. The third kappa shape index (κ3) is 4.31. The normalized spacial score (nSPS) is 14.4. The number of carbonyl (C=O) groups excluding carboxylic acids is 2. The molecule has 0 aromatic carbocycles. The molecular weight excluding hydrogens is 312 g/mol. The van der Waals surface area contributed by atoms with Gasteiger partial charge in [-0.05, 0) is 55.8 Å². The van der Waals surface area contributed by atoms with Gasteiger partial charge < -0.3 is 14.8 Å². The smallest absolute Gasteiger partial charge is 0.408 e. The maximum atomic E-state index is 11.8. The third-order valence-corrected chi connectivity index (χ3v) is 2.89. The lowest BCUT2D eigenvalue weighted by molar-refractivity contribution is -0.113. The summed E-state index contributed by atoms with van der Waals surface area (Å²) in [7, 11) is 0. The van der Waals surface area contributed by atoms with Gasteiger partial charge in [-0.15, -0.1) is 0 Å². The minimum atomic E-state index is -1.25. The molecule has 104 valence electrons. The summed E-state index contributed by atoms with van der Waals surface area (Å²) in [5.74, 6) is 0. The fourth-order valence-corrected chi connectivity index (χ4v) is 2.09. The van der Waals surface area contributed by atoms with E-state index < -0.39 is 17.2 Å². The van der Waals surface area contributed by atoms with Crippen LogP contribution in [0.15, 0.2) is 22.8 Å². The molecule has 0 aliphatic heterocycles. The highest BCUT2D eigenvalue weighted by Crippen LogP contribution is 2.25. The number of nitrogens with one attached hydrogen (secondary N) is 1. The van der Waals surface area contributed by atoms with Crippen LogP contribution in [0.3, 0.4) is 0 Å². The number of aldehydes is 1. The van der Waals surface area contributed by atoms with Crippen molar-refractivity contribution in [2.24, 2.45) is 0 Å². The molecule has 0 spiro atoms. The average Bonchev–Trinajstić information content (AvgIpc) is 2.26. The lowest BCUT2D eigenvalue weighted by atomic mass is 9.99. The van der Waals surface area contributed by atoms with Gasteiger partial charge >= 0.3 is 6.09 Å². The molecule has 1 amide bonds. The summed E-state index contributed by atoms with van der Waals surface area (Å²) in [6.45, 7) is 6.82. The van der Waals surface area contributed by atoms with E-state index in [1.165, 1.54) is 0 Å². The van der Waals surface area contributed by atoms with Crippen molar-refractivity contribution in [2.45, 2.75) is 38.8 Å². The Labute approximate surface area is 120 Å². The molecule has 19 heavy (non-hydrogen) atoms. The number of halogens is 1. The largest absolute Gasteiger partial charge is 0.444 e. The van der Waals surface area contributed by atoms with Crippen molar-refractivity contribution in [3.63, 3.8) is 0 Å². The second-order valence-electron chi connectivity index (χ2n) is 5.28. The fourth-order valence-electron chi connectivity index (χ4n) is 1.43. The number of alkyl carbamates (subject to hydrolysis) is 1. The van der Waals surface area contributed by atoms with Crippen molar-refractivity contribution in [3.8, 4) is 0 Å². The summed E-state index contributed by atoms with van der Waals surface area (Å²) >= 11 is 3.31. The summed E-state index contributed by atoms with van der Waals surface area (Å²) in [5, 5.41) is 2.54. The van der Waals surface area contributed by atoms with Crippen molar-refractivity contribution in [1.82, 2.24) is 10.3 Å². The molecule has 6 heteroatoms. The minimum Gasteiger partial charge on any atom is -0.444 e. The van der Waals surface area contributed by atoms with Crippen LogP contribution in [0.2, 0.25) is 0 Å². The molecule has 0 aliphatic rings. The highest BCUT2D eigenvalue weighted by molar-refractivity contribution is 9.10. The molecule has 0 aliphatic carbocycles. The Morgan fingerprint density at radius 2 is 2.05 bits per heavy atom. The minimum absolute atomic E-state index is 0.427. The second-order valence-corrected chi connectivity index (χ2v) is 6.14. The fraction of sp³-hybridized carbons (Fsp3) is 0.462. The first kappa shape index (κ1) is 15.6. The van der Waals surface area contributed by atoms with E-state index in [0.29, 0.717) is 16.5 Å². The Kier molecular flexibility index (Phi) is 4.68. The molecule has 0 saturated heterocycles. The number of hydrogen-bond donors (Lipinski definition) is 1. The zero-order valence-corrected chi connectivity index (χ0v) is 12.9. The first-order valence-corrected chi connectivity index (χ1v) is 6.56. The molecule has 1 aromatic rings. The summed E-state index contributed by atoms with van der Waals surface area (Å²) in [4.78, 5) is 27.3. The van der Waals surface area contributed by atoms with Crippen LogP contribution in [0.4, 0.5) is 4.79 Å². The summed E-state index contributed by atoms with van der Waals surface area (Å²) in [5.41, 5.74) is -1.45. The van der Waals surface area contributed by atoms with E-state index in [-0.39, 0.29) is 0 Å². The molecule has 1 atom stereocenters. The van der Waals surface area contributed by atoms with Crippen LogP contribution in [0, 0.1) is 0 Å². The van der Waals surface area contributed by atoms with Gasteiger partial charge in [-0.25, -0.2) is 4.79 Å². The average molecular weight is 329 g/mol. The van der Waals surface area contributed by atoms with Crippen LogP contribution in [0.5, 0.6) is 0 Å². The SMILES string of the molecule is CC(C)(C)OC(=O)NC(C)(C=O)c1ncccc1Br. The molecule has 1 aromatic heterocycles.